The standard InChI is InChI=1S/C14H19ClN2O3/c1-13(2,12(19)20)14(3,4)17-10-6-5-8(11(16)18)7-9(10)15/h5-7,17H,1-4H3,(H2,16,18)(H,19,20). The number of nitrogens with two attached hydrogens (primary N) is 1. The largest absolute Gasteiger partial charge is 0.481 e. The molecule has 6 heteroatoms. The summed E-state index contributed by atoms with van der Waals surface area (Å²) < 4.78 is 0. The van der Waals surface area contributed by atoms with E-state index in [2.05, 4.69) is 5.32 Å². The second-order valence-electron chi connectivity index (χ2n) is 5.74. The predicted molar refractivity (Wildman–Crippen MR) is 79.1 cm³/mol. The van der Waals surface area contributed by atoms with Gasteiger partial charge in [0.25, 0.3) is 0 Å². The van der Waals surface area contributed by atoms with E-state index in [1.807, 2.05) is 0 Å². The summed E-state index contributed by atoms with van der Waals surface area (Å²) in [5, 5.41) is 12.7. The van der Waals surface area contributed by atoms with Gasteiger partial charge in [-0.1, -0.05) is 11.6 Å². The molecule has 0 saturated heterocycles. The zero-order chi connectivity index (χ0) is 15.7. The Morgan fingerprint density at radius 1 is 1.25 bits per heavy atom. The van der Waals surface area contributed by atoms with Crippen molar-refractivity contribution in [3.8, 4) is 0 Å². The van der Waals surface area contributed by atoms with E-state index >= 15 is 0 Å². The SMILES string of the molecule is CC(C)(Nc1ccc(C(N)=O)cc1Cl)C(C)(C)C(=O)O. The molecule has 0 spiro atoms. The van der Waals surface area contributed by atoms with Gasteiger partial charge >= 0.3 is 5.97 Å². The molecule has 0 aromatic heterocycles. The number of carbonyl (C=O) groups is 2. The topological polar surface area (TPSA) is 92.4 Å². The summed E-state index contributed by atoms with van der Waals surface area (Å²) in [5.74, 6) is -1.48. The Balaban J connectivity index is 3.10. The molecule has 5 nitrogen and oxygen atoms in total. The van der Waals surface area contributed by atoms with Crippen LogP contribution in [0.4, 0.5) is 5.69 Å². The van der Waals surface area contributed by atoms with Crippen LogP contribution in [0.2, 0.25) is 5.02 Å². The van der Waals surface area contributed by atoms with Gasteiger partial charge in [-0.15, -0.1) is 0 Å². The Hall–Kier alpha value is -1.75. The molecule has 0 aliphatic carbocycles. The van der Waals surface area contributed by atoms with Crippen LogP contribution in [-0.2, 0) is 4.79 Å². The number of carboxylic acids is 1. The smallest absolute Gasteiger partial charge is 0.311 e. The van der Waals surface area contributed by atoms with Gasteiger partial charge < -0.3 is 16.2 Å². The minimum absolute atomic E-state index is 0.302. The molecular formula is C14H19ClN2O3. The van der Waals surface area contributed by atoms with Crippen LogP contribution in [0.3, 0.4) is 0 Å². The monoisotopic (exact) mass is 298 g/mol. The van der Waals surface area contributed by atoms with Gasteiger partial charge in [0.05, 0.1) is 16.1 Å². The third-order valence-corrected chi connectivity index (χ3v) is 4.11. The highest BCUT2D eigenvalue weighted by atomic mass is 35.5. The molecule has 1 aromatic rings. The van der Waals surface area contributed by atoms with Crippen molar-refractivity contribution in [3.05, 3.63) is 28.8 Å². The van der Waals surface area contributed by atoms with Crippen LogP contribution in [0.15, 0.2) is 18.2 Å². The lowest BCUT2D eigenvalue weighted by atomic mass is 9.74. The first-order valence-corrected chi connectivity index (χ1v) is 6.48. The minimum atomic E-state index is -1.02. The maximum Gasteiger partial charge on any atom is 0.311 e. The van der Waals surface area contributed by atoms with E-state index in [-0.39, 0.29) is 0 Å². The molecule has 0 saturated carbocycles. The van der Waals surface area contributed by atoms with Crippen LogP contribution in [0.5, 0.6) is 0 Å². The van der Waals surface area contributed by atoms with Gasteiger partial charge in [0.15, 0.2) is 0 Å². The van der Waals surface area contributed by atoms with Crippen molar-refractivity contribution >= 4 is 29.2 Å². The van der Waals surface area contributed by atoms with E-state index in [9.17, 15) is 14.7 Å². The number of aliphatic carboxylic acids is 1. The molecule has 1 amide bonds. The van der Waals surface area contributed by atoms with Gasteiger partial charge in [-0.05, 0) is 45.9 Å². The van der Waals surface area contributed by atoms with Crippen LogP contribution in [0.1, 0.15) is 38.1 Å². The summed E-state index contributed by atoms with van der Waals surface area (Å²) in [5.41, 5.74) is 4.26. The number of hydrogen-bond acceptors (Lipinski definition) is 3. The quantitative estimate of drug-likeness (QED) is 0.779. The first-order chi connectivity index (χ1) is 8.99. The fraction of sp³-hybridized carbons (Fsp3) is 0.429. The van der Waals surface area contributed by atoms with Crippen molar-refractivity contribution in [2.45, 2.75) is 33.2 Å². The van der Waals surface area contributed by atoms with E-state index in [1.54, 1.807) is 39.8 Å². The summed E-state index contributed by atoms with van der Waals surface area (Å²) in [6.07, 6.45) is 0. The number of carboxylic acid groups (broad SMARTS) is 1. The van der Waals surface area contributed by atoms with Gasteiger partial charge in [-0.2, -0.15) is 0 Å². The molecule has 0 bridgehead atoms. The Labute approximate surface area is 123 Å². The number of hydrogen-bond donors (Lipinski definition) is 3. The third-order valence-electron chi connectivity index (χ3n) is 3.80. The molecule has 20 heavy (non-hydrogen) atoms. The maximum atomic E-state index is 11.4. The summed E-state index contributed by atoms with van der Waals surface area (Å²) in [6.45, 7) is 6.82. The van der Waals surface area contributed by atoms with Crippen molar-refractivity contribution < 1.29 is 14.7 Å². The Bertz CT molecular complexity index is 553. The van der Waals surface area contributed by atoms with Crippen molar-refractivity contribution in [1.29, 1.82) is 0 Å². The fourth-order valence-corrected chi connectivity index (χ4v) is 1.76. The molecule has 0 heterocycles. The highest BCUT2D eigenvalue weighted by Gasteiger charge is 2.43. The molecule has 0 fully saturated rings. The lowest BCUT2D eigenvalue weighted by molar-refractivity contribution is -0.149. The number of carbonyl (C=O) groups excluding carboxylic acids is 1. The van der Waals surface area contributed by atoms with Crippen LogP contribution in [0, 0.1) is 5.41 Å². The zero-order valence-electron chi connectivity index (χ0n) is 12.0. The second kappa shape index (κ2) is 5.32. The van der Waals surface area contributed by atoms with Crippen molar-refractivity contribution in [2.24, 2.45) is 11.1 Å². The van der Waals surface area contributed by atoms with Gasteiger partial charge in [0.2, 0.25) is 5.91 Å². The Morgan fingerprint density at radius 3 is 2.20 bits per heavy atom. The van der Waals surface area contributed by atoms with Crippen LogP contribution < -0.4 is 11.1 Å². The number of amides is 1. The molecule has 0 aliphatic heterocycles. The van der Waals surface area contributed by atoms with Crippen molar-refractivity contribution in [2.75, 3.05) is 5.32 Å². The average molecular weight is 299 g/mol. The zero-order valence-corrected chi connectivity index (χ0v) is 12.7. The number of rotatable bonds is 5. The van der Waals surface area contributed by atoms with Gasteiger partial charge in [0.1, 0.15) is 0 Å². The highest BCUT2D eigenvalue weighted by Crippen LogP contribution is 2.36. The number of nitrogens with one attached hydrogen (secondary N) is 1. The van der Waals surface area contributed by atoms with Crippen LogP contribution >= 0.6 is 11.6 Å². The summed E-state index contributed by atoms with van der Waals surface area (Å²) in [4.78, 5) is 22.4. The number of halogens is 1. The van der Waals surface area contributed by atoms with Gasteiger partial charge in [-0.25, -0.2) is 0 Å². The predicted octanol–water partition coefficient (Wildman–Crippen LogP) is 2.74. The summed E-state index contributed by atoms with van der Waals surface area (Å²) >= 11 is 6.09. The fourth-order valence-electron chi connectivity index (χ4n) is 1.53. The first kappa shape index (κ1) is 16.3. The lowest BCUT2D eigenvalue weighted by Crippen LogP contribution is -2.50. The van der Waals surface area contributed by atoms with Gasteiger partial charge in [0, 0.05) is 11.1 Å². The Kier molecular flexibility index (Phi) is 4.34. The normalized spacial score (nSPS) is 12.1. The summed E-state index contributed by atoms with van der Waals surface area (Å²) in [6, 6.07) is 4.61. The molecular weight excluding hydrogens is 280 g/mol. The van der Waals surface area contributed by atoms with Crippen LogP contribution in [-0.4, -0.2) is 22.5 Å². The maximum absolute atomic E-state index is 11.4. The molecule has 0 radical (unpaired) electrons. The van der Waals surface area contributed by atoms with Crippen LogP contribution in [0.25, 0.3) is 0 Å². The van der Waals surface area contributed by atoms with Crippen molar-refractivity contribution in [1.82, 2.24) is 0 Å². The number of primary amides is 1. The van der Waals surface area contributed by atoms with E-state index in [0.29, 0.717) is 16.3 Å². The van der Waals surface area contributed by atoms with Gasteiger partial charge in [-0.3, -0.25) is 9.59 Å². The molecule has 1 aromatic carbocycles. The van der Waals surface area contributed by atoms with E-state index in [1.165, 1.54) is 6.07 Å². The van der Waals surface area contributed by atoms with Crippen molar-refractivity contribution in [3.63, 3.8) is 0 Å². The molecule has 4 N–H and O–H groups in total. The highest BCUT2D eigenvalue weighted by molar-refractivity contribution is 6.33. The number of benzene rings is 1. The van der Waals surface area contributed by atoms with E-state index < -0.39 is 22.8 Å². The first-order valence-electron chi connectivity index (χ1n) is 6.10. The molecule has 110 valence electrons. The summed E-state index contributed by atoms with van der Waals surface area (Å²) in [7, 11) is 0. The van der Waals surface area contributed by atoms with E-state index in [4.69, 9.17) is 17.3 Å². The number of anilines is 1. The molecule has 1 rings (SSSR count). The molecule has 0 atom stereocenters. The van der Waals surface area contributed by atoms with E-state index in [0.717, 1.165) is 0 Å². The second-order valence-corrected chi connectivity index (χ2v) is 6.15. The molecule has 0 unspecified atom stereocenters. The molecule has 0 aliphatic rings. The lowest BCUT2D eigenvalue weighted by Gasteiger charge is -2.39. The Morgan fingerprint density at radius 2 is 1.80 bits per heavy atom. The third kappa shape index (κ3) is 3.04. The minimum Gasteiger partial charge on any atom is -0.481 e. The average Bonchev–Trinajstić information content (AvgIpc) is 2.30.